The topological polar surface area (TPSA) is 62.1 Å². The molecule has 3 unspecified atom stereocenters. The van der Waals surface area contributed by atoms with Gasteiger partial charge in [-0.15, -0.1) is 0 Å². The quantitative estimate of drug-likeness (QED) is 0.650. The average Bonchev–Trinajstić information content (AvgIpc) is 3.16. The van der Waals surface area contributed by atoms with Crippen LogP contribution in [0.25, 0.3) is 0 Å². The lowest BCUT2D eigenvalue weighted by Crippen LogP contribution is -2.27. The summed E-state index contributed by atoms with van der Waals surface area (Å²) in [4.78, 5) is 2.43. The highest BCUT2D eigenvalue weighted by atomic mass is 35.5. The molecule has 2 aromatic rings. The Balaban J connectivity index is 1.90. The third-order valence-electron chi connectivity index (χ3n) is 5.42. The van der Waals surface area contributed by atoms with Crippen molar-refractivity contribution in [2.24, 2.45) is 10.2 Å². The molecule has 3 atom stereocenters. The minimum absolute atomic E-state index is 0.0987. The van der Waals surface area contributed by atoms with Crippen molar-refractivity contribution in [3.8, 4) is 0 Å². The average molecular weight is 420 g/mol. The normalized spacial score (nSPS) is 20.6. The Labute approximate surface area is 172 Å². The van der Waals surface area contributed by atoms with Gasteiger partial charge in [0, 0.05) is 17.0 Å². The fraction of sp³-hybridized carbons (Fsp3) is 0.429. The molecule has 0 aromatic heterocycles. The number of benzene rings is 2. The number of azo groups is 1. The van der Waals surface area contributed by atoms with E-state index in [9.17, 15) is 8.42 Å². The monoisotopic (exact) mass is 419 g/mol. The molecule has 0 saturated heterocycles. The van der Waals surface area contributed by atoms with E-state index >= 15 is 0 Å². The summed E-state index contributed by atoms with van der Waals surface area (Å²) in [7, 11) is 0.523. The van der Waals surface area contributed by atoms with Crippen LogP contribution in [0.1, 0.15) is 36.4 Å². The molecule has 3 rings (SSSR count). The Kier molecular flexibility index (Phi) is 6.53. The first kappa shape index (κ1) is 21.0. The summed E-state index contributed by atoms with van der Waals surface area (Å²) in [6.07, 6.45) is 0.587. The van der Waals surface area contributed by atoms with Crippen LogP contribution >= 0.6 is 11.6 Å². The highest BCUT2D eigenvalue weighted by Crippen LogP contribution is 2.41. The Morgan fingerprint density at radius 2 is 1.82 bits per heavy atom. The summed E-state index contributed by atoms with van der Waals surface area (Å²) in [5, 5.41) is 9.29. The third-order valence-corrected chi connectivity index (χ3v) is 7.48. The van der Waals surface area contributed by atoms with Gasteiger partial charge < -0.3 is 4.90 Å². The van der Waals surface area contributed by atoms with Gasteiger partial charge in [0.1, 0.15) is 6.04 Å². The maximum atomic E-state index is 13.1. The number of rotatable bonds is 7. The largest absolute Gasteiger partial charge is 0.307 e. The van der Waals surface area contributed by atoms with Gasteiger partial charge in [-0.2, -0.15) is 10.2 Å². The van der Waals surface area contributed by atoms with Crippen molar-refractivity contribution >= 4 is 21.4 Å². The van der Waals surface area contributed by atoms with Gasteiger partial charge >= 0.3 is 0 Å². The fourth-order valence-corrected chi connectivity index (χ4v) is 5.26. The zero-order chi connectivity index (χ0) is 20.3. The lowest BCUT2D eigenvalue weighted by atomic mass is 9.88. The molecular formula is C21H26ClN3O2S. The first-order valence-electron chi connectivity index (χ1n) is 9.40. The second-order valence-electron chi connectivity index (χ2n) is 7.50. The summed E-state index contributed by atoms with van der Waals surface area (Å²) in [6.45, 7) is 2.51. The highest BCUT2D eigenvalue weighted by molar-refractivity contribution is 7.91. The summed E-state index contributed by atoms with van der Waals surface area (Å²) < 4.78 is 26.3. The molecule has 1 heterocycles. The summed E-state index contributed by atoms with van der Waals surface area (Å²) >= 11 is 6.00. The van der Waals surface area contributed by atoms with Gasteiger partial charge in [0.25, 0.3) is 0 Å². The van der Waals surface area contributed by atoms with Gasteiger partial charge in [-0.05, 0) is 56.8 Å². The van der Waals surface area contributed by atoms with Crippen molar-refractivity contribution in [1.29, 1.82) is 0 Å². The van der Waals surface area contributed by atoms with Crippen LogP contribution in [0.5, 0.6) is 0 Å². The van der Waals surface area contributed by atoms with Crippen molar-refractivity contribution in [2.45, 2.75) is 36.2 Å². The van der Waals surface area contributed by atoms with Crippen LogP contribution in [0.15, 0.2) is 63.7 Å². The van der Waals surface area contributed by atoms with Crippen LogP contribution in [0, 0.1) is 0 Å². The van der Waals surface area contributed by atoms with Crippen molar-refractivity contribution in [1.82, 2.24) is 4.90 Å². The molecule has 0 amide bonds. The van der Waals surface area contributed by atoms with E-state index in [4.69, 9.17) is 11.6 Å². The van der Waals surface area contributed by atoms with E-state index < -0.39 is 9.84 Å². The first-order chi connectivity index (χ1) is 13.3. The molecular weight excluding hydrogens is 394 g/mol. The van der Waals surface area contributed by atoms with E-state index in [1.54, 1.807) is 12.1 Å². The lowest BCUT2D eigenvalue weighted by molar-refractivity contribution is 0.307. The van der Waals surface area contributed by atoms with E-state index in [2.05, 4.69) is 10.2 Å². The van der Waals surface area contributed by atoms with Crippen molar-refractivity contribution in [2.75, 3.05) is 26.4 Å². The van der Waals surface area contributed by atoms with Gasteiger partial charge in [0.15, 0.2) is 9.84 Å². The number of halogens is 1. The summed E-state index contributed by atoms with van der Waals surface area (Å²) in [5.41, 5.74) is 1.79. The van der Waals surface area contributed by atoms with Crippen molar-refractivity contribution < 1.29 is 8.42 Å². The molecule has 7 heteroatoms. The zero-order valence-corrected chi connectivity index (χ0v) is 18.0. The summed E-state index contributed by atoms with van der Waals surface area (Å²) in [5.74, 6) is 0.0223. The molecule has 0 spiro atoms. The van der Waals surface area contributed by atoms with Gasteiger partial charge in [0.2, 0.25) is 0 Å². The van der Waals surface area contributed by atoms with Gasteiger partial charge in [0.05, 0.1) is 17.2 Å². The van der Waals surface area contributed by atoms with E-state index in [-0.39, 0.29) is 23.8 Å². The Morgan fingerprint density at radius 3 is 2.50 bits per heavy atom. The molecule has 0 N–H and O–H groups in total. The molecule has 28 heavy (non-hydrogen) atoms. The molecule has 0 bridgehead atoms. The van der Waals surface area contributed by atoms with Crippen LogP contribution in [0.3, 0.4) is 0 Å². The second-order valence-corrected chi connectivity index (χ2v) is 10.0. The van der Waals surface area contributed by atoms with Gasteiger partial charge in [-0.3, -0.25) is 0 Å². The molecule has 2 aromatic carbocycles. The van der Waals surface area contributed by atoms with Crippen LogP contribution in [-0.4, -0.2) is 45.8 Å². The number of hydrogen-bond donors (Lipinski definition) is 0. The second kappa shape index (κ2) is 8.72. The van der Waals surface area contributed by atoms with E-state index in [1.165, 1.54) is 0 Å². The molecule has 0 saturated carbocycles. The molecule has 1 aliphatic rings. The maximum Gasteiger partial charge on any atom is 0.178 e. The third kappa shape index (κ3) is 4.62. The highest BCUT2D eigenvalue weighted by Gasteiger charge is 2.33. The first-order valence-corrected chi connectivity index (χ1v) is 11.4. The predicted octanol–water partition coefficient (Wildman–Crippen LogP) is 4.74. The molecule has 5 nitrogen and oxygen atoms in total. The summed E-state index contributed by atoms with van der Waals surface area (Å²) in [6, 6.07) is 14.8. The molecule has 1 aliphatic heterocycles. The number of hydrogen-bond acceptors (Lipinski definition) is 5. The maximum absolute atomic E-state index is 13.1. The number of sulfone groups is 1. The number of nitrogens with zero attached hydrogens (tertiary/aromatic N) is 3. The smallest absolute Gasteiger partial charge is 0.178 e. The Hall–Kier alpha value is -1.76. The predicted molar refractivity (Wildman–Crippen MR) is 113 cm³/mol. The standard InChI is InChI=1S/C21H26ClN3O2S/c1-15(25(2)3)12-13-28(26,27)20-7-5-4-6-18(20)19-14-23-24-21(19)16-8-10-17(22)11-9-16/h4-11,15,19,21H,12-14H2,1-3H3. The fourth-order valence-electron chi connectivity index (χ4n) is 3.39. The van der Waals surface area contributed by atoms with E-state index in [0.29, 0.717) is 22.9 Å². The molecule has 0 fully saturated rings. The Bertz CT molecular complexity index is 942. The van der Waals surface area contributed by atoms with Crippen LogP contribution in [-0.2, 0) is 9.84 Å². The van der Waals surface area contributed by atoms with Crippen molar-refractivity contribution in [3.05, 3.63) is 64.7 Å². The minimum atomic E-state index is -3.40. The SMILES string of the molecule is CC(CCS(=O)(=O)c1ccccc1C1CN=NC1c1ccc(Cl)cc1)N(C)C. The molecule has 0 aliphatic carbocycles. The van der Waals surface area contributed by atoms with Crippen LogP contribution in [0.2, 0.25) is 5.02 Å². The zero-order valence-electron chi connectivity index (χ0n) is 16.4. The lowest BCUT2D eigenvalue weighted by Gasteiger charge is -2.22. The van der Waals surface area contributed by atoms with Crippen LogP contribution < -0.4 is 0 Å². The van der Waals surface area contributed by atoms with Gasteiger partial charge in [-0.1, -0.05) is 41.9 Å². The van der Waals surface area contributed by atoms with Gasteiger partial charge in [-0.25, -0.2) is 8.42 Å². The Morgan fingerprint density at radius 1 is 1.14 bits per heavy atom. The van der Waals surface area contributed by atoms with Crippen LogP contribution in [0.4, 0.5) is 0 Å². The molecule has 0 radical (unpaired) electrons. The van der Waals surface area contributed by atoms with E-state index in [0.717, 1.165) is 11.1 Å². The van der Waals surface area contributed by atoms with Crippen molar-refractivity contribution in [3.63, 3.8) is 0 Å². The van der Waals surface area contributed by atoms with E-state index in [1.807, 2.05) is 62.3 Å². The minimum Gasteiger partial charge on any atom is -0.307 e. The molecule has 150 valence electrons.